The first-order valence-corrected chi connectivity index (χ1v) is 14.3. The smallest absolute Gasteiger partial charge is 0.155 e. The van der Waals surface area contributed by atoms with Crippen LogP contribution in [0.3, 0.4) is 0 Å². The van der Waals surface area contributed by atoms with Crippen molar-refractivity contribution in [2.75, 3.05) is 26.4 Å². The summed E-state index contributed by atoms with van der Waals surface area (Å²) in [6.07, 6.45) is -2.50. The van der Waals surface area contributed by atoms with Gasteiger partial charge in [0.2, 0.25) is 0 Å². The van der Waals surface area contributed by atoms with Crippen LogP contribution in [0.2, 0.25) is 0 Å². The van der Waals surface area contributed by atoms with Crippen molar-refractivity contribution >= 4 is 11.6 Å². The van der Waals surface area contributed by atoms with Gasteiger partial charge in [0.1, 0.15) is 5.78 Å². The average Bonchev–Trinajstić information content (AvgIpc) is 3.23. The summed E-state index contributed by atoms with van der Waals surface area (Å²) in [4.78, 5) is 26.4. The largest absolute Gasteiger partial charge is 0.394 e. The van der Waals surface area contributed by atoms with E-state index in [2.05, 4.69) is 6.92 Å². The van der Waals surface area contributed by atoms with E-state index in [4.69, 9.17) is 0 Å². The highest BCUT2D eigenvalue weighted by Gasteiger charge is 2.76. The maximum absolute atomic E-state index is 14.2. The summed E-state index contributed by atoms with van der Waals surface area (Å²) >= 11 is 0. The molecule has 0 aliphatic heterocycles. The summed E-state index contributed by atoms with van der Waals surface area (Å²) in [6.45, 7) is 0.612. The lowest BCUT2D eigenvalue weighted by Crippen LogP contribution is -2.70. The molecule has 10 atom stereocenters. The molecular weight excluding hydrogens is 508 g/mol. The zero-order chi connectivity index (χ0) is 29.0. The Morgan fingerprint density at radius 2 is 1.54 bits per heavy atom. The Bertz CT molecular complexity index is 971. The Morgan fingerprint density at radius 3 is 2.10 bits per heavy atom. The molecule has 3 saturated carbocycles. The van der Waals surface area contributed by atoms with Gasteiger partial charge in [-0.3, -0.25) is 9.59 Å². The number of hydrogen-bond acceptors (Lipinski definition) is 10. The number of hydrogen-bond donors (Lipinski definition) is 8. The van der Waals surface area contributed by atoms with Gasteiger partial charge in [-0.15, -0.1) is 0 Å². The van der Waals surface area contributed by atoms with E-state index < -0.39 is 78.9 Å². The maximum atomic E-state index is 14.2. The number of rotatable bonds is 10. The highest BCUT2D eigenvalue weighted by atomic mass is 16.3. The molecule has 4 aliphatic carbocycles. The summed E-state index contributed by atoms with van der Waals surface area (Å²) in [5.74, 6) is -0.611. The van der Waals surface area contributed by atoms with E-state index in [0.717, 1.165) is 5.57 Å². The third-order valence-corrected chi connectivity index (χ3v) is 11.8. The van der Waals surface area contributed by atoms with Crippen LogP contribution in [0.15, 0.2) is 11.6 Å². The number of ketones is 2. The molecule has 4 aliphatic rings. The Hall–Kier alpha value is -1.24. The van der Waals surface area contributed by atoms with Crippen molar-refractivity contribution in [2.24, 2.45) is 39.4 Å². The molecule has 39 heavy (non-hydrogen) atoms. The number of carbonyl (C=O) groups is 2. The fourth-order valence-electron chi connectivity index (χ4n) is 10.3. The molecule has 0 aromatic carbocycles. The SMILES string of the molecule is C[C@]12CCC(=O)C=C1CC[C@@H]1[C@@H]2C(=O)C[C@@]2(C)[C@H]1CC[C@]2(C(O)CO)C(CC(O)CO)(C(O)CO)C(O)CO. The van der Waals surface area contributed by atoms with E-state index >= 15 is 0 Å². The normalized spacial score (nSPS) is 41.0. The lowest BCUT2D eigenvalue weighted by Gasteiger charge is -2.65. The van der Waals surface area contributed by atoms with Crippen LogP contribution in [0.5, 0.6) is 0 Å². The predicted molar refractivity (Wildman–Crippen MR) is 139 cm³/mol. The first-order valence-electron chi connectivity index (χ1n) is 14.3. The molecular formula is C29H46O10. The number of aliphatic hydroxyl groups is 8. The predicted octanol–water partition coefficient (Wildman–Crippen LogP) is -0.527. The van der Waals surface area contributed by atoms with Gasteiger partial charge in [-0.05, 0) is 67.3 Å². The van der Waals surface area contributed by atoms with Crippen molar-refractivity contribution < 1.29 is 50.4 Å². The van der Waals surface area contributed by atoms with Gasteiger partial charge in [0, 0.05) is 29.6 Å². The molecule has 222 valence electrons. The molecule has 0 aromatic rings. The number of aliphatic hydroxyl groups excluding tert-OH is 8. The van der Waals surface area contributed by atoms with E-state index in [1.54, 1.807) is 6.08 Å². The molecule has 4 rings (SSSR count). The molecule has 0 aromatic heterocycles. The number of Topliss-reactive ketones (excluding diaryl/α,β-unsaturated/α-hetero) is 1. The summed E-state index contributed by atoms with van der Waals surface area (Å²) in [5, 5.41) is 85.5. The van der Waals surface area contributed by atoms with Crippen LogP contribution >= 0.6 is 0 Å². The Labute approximate surface area is 229 Å². The zero-order valence-electron chi connectivity index (χ0n) is 23.0. The summed E-state index contributed by atoms with van der Waals surface area (Å²) in [7, 11) is 0. The number of fused-ring (bicyclic) bond motifs is 5. The maximum Gasteiger partial charge on any atom is 0.155 e. The van der Waals surface area contributed by atoms with Gasteiger partial charge < -0.3 is 40.9 Å². The van der Waals surface area contributed by atoms with Crippen molar-refractivity contribution in [1.82, 2.24) is 0 Å². The molecule has 0 heterocycles. The van der Waals surface area contributed by atoms with Gasteiger partial charge in [0.05, 0.1) is 50.8 Å². The first-order chi connectivity index (χ1) is 18.3. The van der Waals surface area contributed by atoms with Crippen molar-refractivity contribution in [3.8, 4) is 0 Å². The Balaban J connectivity index is 1.92. The summed E-state index contributed by atoms with van der Waals surface area (Å²) in [6, 6.07) is 0. The highest BCUT2D eigenvalue weighted by Crippen LogP contribution is 2.75. The quantitative estimate of drug-likeness (QED) is 0.174. The second-order valence-corrected chi connectivity index (χ2v) is 13.1. The standard InChI is InChI=1S/C29H46O10/c1-26-7-5-17(34)9-16(26)3-4-19-20-6-8-29(24(39)15-33,27(20,2)11-21(36)25(19)26)28(22(37)13-31,23(38)14-32)10-18(35)12-30/h9,18-20,22-25,30-33,35,37-39H,3-8,10-15H2,1-2H3/t18?,19-,20-,22?,23?,24?,25+,26-,27-,28?,29+/m0/s1. The van der Waals surface area contributed by atoms with Gasteiger partial charge in [0.15, 0.2) is 5.78 Å². The third kappa shape index (κ3) is 4.13. The van der Waals surface area contributed by atoms with Crippen LogP contribution < -0.4 is 0 Å². The minimum Gasteiger partial charge on any atom is -0.394 e. The van der Waals surface area contributed by atoms with Gasteiger partial charge in [-0.1, -0.05) is 19.4 Å². The molecule has 3 fully saturated rings. The minimum absolute atomic E-state index is 0.0417. The topological polar surface area (TPSA) is 196 Å². The van der Waals surface area contributed by atoms with Gasteiger partial charge in [-0.25, -0.2) is 0 Å². The van der Waals surface area contributed by atoms with Gasteiger partial charge in [-0.2, -0.15) is 0 Å². The molecule has 4 unspecified atom stereocenters. The molecule has 10 heteroatoms. The molecule has 0 amide bonds. The molecule has 0 saturated heterocycles. The van der Waals surface area contributed by atoms with Crippen molar-refractivity contribution in [3.63, 3.8) is 0 Å². The second-order valence-electron chi connectivity index (χ2n) is 13.1. The fraction of sp³-hybridized carbons (Fsp3) is 0.862. The lowest BCUT2D eigenvalue weighted by molar-refractivity contribution is -0.266. The first kappa shape index (κ1) is 30.7. The van der Waals surface area contributed by atoms with Crippen molar-refractivity contribution in [3.05, 3.63) is 11.6 Å². The van der Waals surface area contributed by atoms with E-state index in [1.807, 2.05) is 6.92 Å². The highest BCUT2D eigenvalue weighted by molar-refractivity contribution is 5.93. The second kappa shape index (κ2) is 10.9. The van der Waals surface area contributed by atoms with E-state index in [1.165, 1.54) is 0 Å². The lowest BCUT2D eigenvalue weighted by atomic mass is 9.39. The van der Waals surface area contributed by atoms with Crippen LogP contribution in [0.25, 0.3) is 0 Å². The fourth-order valence-corrected chi connectivity index (χ4v) is 10.3. The number of carbonyl (C=O) groups excluding carboxylic acids is 2. The van der Waals surface area contributed by atoms with Crippen LogP contribution in [0, 0.1) is 39.4 Å². The Kier molecular flexibility index (Phi) is 8.56. The molecule has 8 N–H and O–H groups in total. The molecule has 10 nitrogen and oxygen atoms in total. The van der Waals surface area contributed by atoms with Crippen LogP contribution in [-0.4, -0.2) is 103 Å². The Morgan fingerprint density at radius 1 is 0.897 bits per heavy atom. The van der Waals surface area contributed by atoms with Gasteiger partial charge >= 0.3 is 0 Å². The van der Waals surface area contributed by atoms with Crippen molar-refractivity contribution in [1.29, 1.82) is 0 Å². The number of allylic oxidation sites excluding steroid dienone is 1. The summed E-state index contributed by atoms with van der Waals surface area (Å²) < 4.78 is 0. The van der Waals surface area contributed by atoms with E-state index in [0.29, 0.717) is 32.1 Å². The van der Waals surface area contributed by atoms with Crippen LogP contribution in [0.4, 0.5) is 0 Å². The molecule has 0 radical (unpaired) electrons. The van der Waals surface area contributed by atoms with Crippen LogP contribution in [-0.2, 0) is 9.59 Å². The van der Waals surface area contributed by atoms with E-state index in [9.17, 15) is 50.4 Å². The molecule has 0 spiro atoms. The van der Waals surface area contributed by atoms with Gasteiger partial charge in [0.25, 0.3) is 0 Å². The summed E-state index contributed by atoms with van der Waals surface area (Å²) in [5.41, 5.74) is -4.14. The monoisotopic (exact) mass is 554 g/mol. The third-order valence-electron chi connectivity index (χ3n) is 11.8. The average molecular weight is 555 g/mol. The van der Waals surface area contributed by atoms with Crippen molar-refractivity contribution in [2.45, 2.75) is 89.6 Å². The van der Waals surface area contributed by atoms with Crippen LogP contribution in [0.1, 0.15) is 65.2 Å². The minimum atomic E-state index is -1.97. The molecule has 0 bridgehead atoms. The van der Waals surface area contributed by atoms with E-state index in [-0.39, 0.29) is 42.2 Å². The zero-order valence-corrected chi connectivity index (χ0v) is 23.0.